The Morgan fingerprint density at radius 2 is 1.58 bits per heavy atom. The van der Waals surface area contributed by atoms with Crippen LogP contribution in [0.4, 0.5) is 0 Å². The molecule has 4 unspecified atom stereocenters. The van der Waals surface area contributed by atoms with Crippen LogP contribution < -0.4 is 4.74 Å². The highest BCUT2D eigenvalue weighted by atomic mass is 16.7. The van der Waals surface area contributed by atoms with Crippen molar-refractivity contribution in [1.29, 1.82) is 0 Å². The molecule has 4 rings (SSSR count). The first kappa shape index (κ1) is 32.5. The zero-order valence-corrected chi connectivity index (χ0v) is 26.6. The van der Waals surface area contributed by atoms with E-state index in [0.29, 0.717) is 18.8 Å². The molecule has 8 heteroatoms. The number of ether oxygens (including phenoxy) is 5. The topological polar surface area (TPSA) is 97.4 Å². The molecule has 0 N–H and O–H groups in total. The van der Waals surface area contributed by atoms with Crippen LogP contribution in [0.3, 0.4) is 0 Å². The van der Waals surface area contributed by atoms with Gasteiger partial charge in [0.05, 0.1) is 17.4 Å². The lowest BCUT2D eigenvalue weighted by Crippen LogP contribution is -2.44. The Bertz CT molecular complexity index is 1280. The van der Waals surface area contributed by atoms with Gasteiger partial charge in [-0.1, -0.05) is 63.2 Å². The smallest absolute Gasteiger partial charge is 0.348 e. The fourth-order valence-corrected chi connectivity index (χ4v) is 5.75. The van der Waals surface area contributed by atoms with Crippen molar-refractivity contribution in [2.24, 2.45) is 16.2 Å². The molecule has 234 valence electrons. The summed E-state index contributed by atoms with van der Waals surface area (Å²) in [5.41, 5.74) is -2.25. The molecule has 2 heterocycles. The highest BCUT2D eigenvalue weighted by Gasteiger charge is 2.50. The van der Waals surface area contributed by atoms with Gasteiger partial charge in [-0.15, -0.1) is 0 Å². The van der Waals surface area contributed by atoms with E-state index in [1.165, 1.54) is 0 Å². The van der Waals surface area contributed by atoms with Crippen molar-refractivity contribution in [3.05, 3.63) is 65.7 Å². The summed E-state index contributed by atoms with van der Waals surface area (Å²) in [6.07, 6.45) is 2.31. The molecule has 2 aromatic rings. The molecule has 2 aromatic carbocycles. The molecular weight excluding hydrogens is 548 g/mol. The Balaban J connectivity index is 1.55. The Hall–Kier alpha value is -3.39. The number of hydrogen-bond donors (Lipinski definition) is 0. The van der Waals surface area contributed by atoms with Gasteiger partial charge in [0, 0.05) is 17.4 Å². The summed E-state index contributed by atoms with van der Waals surface area (Å²) >= 11 is 0. The molecule has 0 aliphatic carbocycles. The van der Waals surface area contributed by atoms with E-state index in [1.54, 1.807) is 13.8 Å². The van der Waals surface area contributed by atoms with E-state index in [-0.39, 0.29) is 19.3 Å². The summed E-state index contributed by atoms with van der Waals surface area (Å²) in [4.78, 5) is 39.7. The van der Waals surface area contributed by atoms with Crippen molar-refractivity contribution >= 4 is 17.9 Å². The molecule has 2 fully saturated rings. The van der Waals surface area contributed by atoms with Crippen LogP contribution in [0.25, 0.3) is 0 Å². The number of carbonyl (C=O) groups is 3. The minimum atomic E-state index is -1.11. The minimum Gasteiger partial charge on any atom is -0.465 e. The standard InChI is InChI=1S/C35H46O8/c1-8-34(6,22-32(2,3)30(37)42-28-29(36)40-23-33(28,4)5)31(38)43-35(7,24-14-10-9-11-15-24)25-17-19-26(20-18-25)41-27-16-12-13-21-39-27/h9-11,14-15,17-20,27-28H,8,12-13,16,21-23H2,1-7H3. The van der Waals surface area contributed by atoms with Crippen LogP contribution in [0, 0.1) is 16.2 Å². The summed E-state index contributed by atoms with van der Waals surface area (Å²) < 4.78 is 29.0. The maximum absolute atomic E-state index is 14.1. The van der Waals surface area contributed by atoms with Crippen LogP contribution in [-0.4, -0.2) is 43.5 Å². The largest absolute Gasteiger partial charge is 0.465 e. The van der Waals surface area contributed by atoms with E-state index in [4.69, 9.17) is 23.7 Å². The number of esters is 3. The molecule has 0 amide bonds. The predicted molar refractivity (Wildman–Crippen MR) is 161 cm³/mol. The first-order valence-corrected chi connectivity index (χ1v) is 15.3. The van der Waals surface area contributed by atoms with Gasteiger partial charge in [-0.25, -0.2) is 4.79 Å². The molecule has 2 saturated heterocycles. The van der Waals surface area contributed by atoms with Crippen LogP contribution >= 0.6 is 0 Å². The average Bonchev–Trinajstić information content (AvgIpc) is 3.24. The van der Waals surface area contributed by atoms with Gasteiger partial charge in [-0.2, -0.15) is 0 Å². The van der Waals surface area contributed by atoms with Crippen molar-refractivity contribution in [2.45, 2.75) is 98.6 Å². The number of benzene rings is 2. The van der Waals surface area contributed by atoms with Crippen molar-refractivity contribution in [3.63, 3.8) is 0 Å². The van der Waals surface area contributed by atoms with E-state index in [2.05, 4.69) is 0 Å². The van der Waals surface area contributed by atoms with Gasteiger partial charge in [0.1, 0.15) is 12.4 Å². The van der Waals surface area contributed by atoms with Crippen LogP contribution in [0.2, 0.25) is 0 Å². The molecule has 0 spiro atoms. The lowest BCUT2D eigenvalue weighted by atomic mass is 9.72. The molecule has 2 aliphatic rings. The molecule has 43 heavy (non-hydrogen) atoms. The summed E-state index contributed by atoms with van der Waals surface area (Å²) in [6, 6.07) is 17.2. The number of rotatable bonds is 11. The summed E-state index contributed by atoms with van der Waals surface area (Å²) in [5.74, 6) is -0.850. The normalized spacial score (nSPS) is 22.9. The molecular formula is C35H46O8. The van der Waals surface area contributed by atoms with Gasteiger partial charge in [-0.05, 0) is 71.1 Å². The third kappa shape index (κ3) is 7.23. The van der Waals surface area contributed by atoms with E-state index in [9.17, 15) is 14.4 Å². The van der Waals surface area contributed by atoms with Crippen molar-refractivity contribution in [3.8, 4) is 5.75 Å². The average molecular weight is 595 g/mol. The second-order valence-corrected chi connectivity index (χ2v) is 13.6. The Morgan fingerprint density at radius 3 is 2.14 bits per heavy atom. The Kier molecular flexibility index (Phi) is 9.60. The fraction of sp³-hybridized carbons (Fsp3) is 0.571. The van der Waals surface area contributed by atoms with Gasteiger partial charge >= 0.3 is 17.9 Å². The van der Waals surface area contributed by atoms with E-state index < -0.39 is 45.9 Å². The zero-order valence-electron chi connectivity index (χ0n) is 26.6. The molecule has 8 nitrogen and oxygen atoms in total. The second kappa shape index (κ2) is 12.7. The highest BCUT2D eigenvalue weighted by molar-refractivity contribution is 5.85. The third-order valence-electron chi connectivity index (χ3n) is 8.83. The van der Waals surface area contributed by atoms with Crippen LogP contribution in [0.1, 0.15) is 91.7 Å². The summed E-state index contributed by atoms with van der Waals surface area (Å²) in [5, 5.41) is 0. The fourth-order valence-electron chi connectivity index (χ4n) is 5.75. The molecule has 4 atom stereocenters. The van der Waals surface area contributed by atoms with Gasteiger partial charge < -0.3 is 23.7 Å². The molecule has 2 aliphatic heterocycles. The van der Waals surface area contributed by atoms with Crippen molar-refractivity contribution in [1.82, 2.24) is 0 Å². The van der Waals surface area contributed by atoms with Crippen LogP contribution in [-0.2, 0) is 38.9 Å². The molecule has 0 bridgehead atoms. The number of carbonyl (C=O) groups excluding carboxylic acids is 3. The van der Waals surface area contributed by atoms with E-state index in [0.717, 1.165) is 30.4 Å². The Labute approximate surface area is 255 Å². The summed E-state index contributed by atoms with van der Waals surface area (Å²) in [7, 11) is 0. The first-order chi connectivity index (χ1) is 20.2. The maximum Gasteiger partial charge on any atom is 0.348 e. The zero-order chi connectivity index (χ0) is 31.5. The van der Waals surface area contributed by atoms with Crippen molar-refractivity contribution in [2.75, 3.05) is 13.2 Å². The van der Waals surface area contributed by atoms with E-state index >= 15 is 0 Å². The number of hydrogen-bond acceptors (Lipinski definition) is 8. The highest BCUT2D eigenvalue weighted by Crippen LogP contribution is 2.43. The predicted octanol–water partition coefficient (Wildman–Crippen LogP) is 6.73. The Morgan fingerprint density at radius 1 is 0.930 bits per heavy atom. The maximum atomic E-state index is 14.1. The second-order valence-electron chi connectivity index (χ2n) is 13.6. The monoisotopic (exact) mass is 594 g/mol. The third-order valence-corrected chi connectivity index (χ3v) is 8.83. The van der Waals surface area contributed by atoms with Gasteiger partial charge in [0.2, 0.25) is 6.10 Å². The van der Waals surface area contributed by atoms with Crippen molar-refractivity contribution < 1.29 is 38.1 Å². The van der Waals surface area contributed by atoms with Gasteiger partial charge in [0.15, 0.2) is 11.9 Å². The lowest BCUT2D eigenvalue weighted by molar-refractivity contribution is -0.177. The summed E-state index contributed by atoms with van der Waals surface area (Å²) in [6.45, 7) is 13.6. The van der Waals surface area contributed by atoms with E-state index in [1.807, 2.05) is 89.2 Å². The number of cyclic esters (lactones) is 1. The minimum absolute atomic E-state index is 0.162. The quantitative estimate of drug-likeness (QED) is 0.209. The molecule has 0 saturated carbocycles. The van der Waals surface area contributed by atoms with Gasteiger partial charge in [0.25, 0.3) is 0 Å². The van der Waals surface area contributed by atoms with Crippen LogP contribution in [0.15, 0.2) is 54.6 Å². The molecule has 0 radical (unpaired) electrons. The first-order valence-electron chi connectivity index (χ1n) is 15.3. The molecule has 0 aromatic heterocycles. The van der Waals surface area contributed by atoms with Crippen LogP contribution in [0.5, 0.6) is 5.75 Å². The lowest BCUT2D eigenvalue weighted by Gasteiger charge is -2.38. The SMILES string of the molecule is CCC(C)(CC(C)(C)C(=O)OC1C(=O)OCC1(C)C)C(=O)OC(C)(c1ccccc1)c1ccc(OC2CCCCO2)cc1. The van der Waals surface area contributed by atoms with Gasteiger partial charge in [-0.3, -0.25) is 9.59 Å².